The molecule has 0 aliphatic heterocycles. The maximum atomic E-state index is 12.2. The average Bonchev–Trinajstić information content (AvgIpc) is 2.43. The normalized spacial score (nSPS) is 12.6. The maximum absolute atomic E-state index is 12.2. The minimum atomic E-state index is -3.30. The molecular formula is C15H26N2O2S2. The van der Waals surface area contributed by atoms with Gasteiger partial charge >= 0.3 is 0 Å². The van der Waals surface area contributed by atoms with Crippen molar-refractivity contribution < 1.29 is 8.42 Å². The lowest BCUT2D eigenvalue weighted by Gasteiger charge is -2.22. The minimum absolute atomic E-state index is 0.0252. The number of sulfonamides is 1. The number of thioether (sulfide) groups is 1. The van der Waals surface area contributed by atoms with E-state index in [0.29, 0.717) is 6.54 Å². The van der Waals surface area contributed by atoms with Crippen LogP contribution in [0.2, 0.25) is 0 Å². The summed E-state index contributed by atoms with van der Waals surface area (Å²) in [6.07, 6.45) is 1.98. The molecule has 0 amide bonds. The lowest BCUT2D eigenvalue weighted by molar-refractivity contribution is 0.570. The van der Waals surface area contributed by atoms with Crippen LogP contribution in [-0.2, 0) is 22.3 Å². The molecule has 0 radical (unpaired) electrons. The van der Waals surface area contributed by atoms with Gasteiger partial charge in [0.2, 0.25) is 10.0 Å². The lowest BCUT2D eigenvalue weighted by atomic mass is 10.1. The molecule has 0 aromatic heterocycles. The van der Waals surface area contributed by atoms with E-state index in [-0.39, 0.29) is 10.5 Å². The highest BCUT2D eigenvalue weighted by Gasteiger charge is 2.20. The van der Waals surface area contributed by atoms with Crippen molar-refractivity contribution >= 4 is 21.8 Å². The Hall–Kier alpha value is -0.560. The molecule has 0 heterocycles. The van der Waals surface area contributed by atoms with E-state index in [2.05, 4.69) is 10.0 Å². The van der Waals surface area contributed by atoms with Crippen LogP contribution in [0.15, 0.2) is 24.3 Å². The largest absolute Gasteiger partial charge is 0.313 e. The van der Waals surface area contributed by atoms with Crippen molar-refractivity contribution in [3.63, 3.8) is 0 Å². The lowest BCUT2D eigenvalue weighted by Crippen LogP contribution is -2.36. The Kier molecular flexibility index (Phi) is 7.20. The van der Waals surface area contributed by atoms with Gasteiger partial charge < -0.3 is 5.32 Å². The molecule has 120 valence electrons. The van der Waals surface area contributed by atoms with E-state index in [1.165, 1.54) is 0 Å². The fourth-order valence-electron chi connectivity index (χ4n) is 1.73. The van der Waals surface area contributed by atoms with Crippen molar-refractivity contribution in [2.45, 2.75) is 37.8 Å². The predicted molar refractivity (Wildman–Crippen MR) is 92.0 cm³/mol. The van der Waals surface area contributed by atoms with E-state index >= 15 is 0 Å². The summed E-state index contributed by atoms with van der Waals surface area (Å²) in [7, 11) is -3.30. The second-order valence-electron chi connectivity index (χ2n) is 5.64. The maximum Gasteiger partial charge on any atom is 0.215 e. The van der Waals surface area contributed by atoms with Gasteiger partial charge in [-0.05, 0) is 37.8 Å². The van der Waals surface area contributed by atoms with Gasteiger partial charge in [0.25, 0.3) is 0 Å². The third-order valence-corrected chi connectivity index (χ3v) is 5.74. The van der Waals surface area contributed by atoms with E-state index in [1.807, 2.05) is 51.3 Å². The quantitative estimate of drug-likeness (QED) is 0.730. The fraction of sp³-hybridized carbons (Fsp3) is 0.600. The van der Waals surface area contributed by atoms with E-state index in [1.54, 1.807) is 11.8 Å². The van der Waals surface area contributed by atoms with E-state index in [0.717, 1.165) is 24.2 Å². The van der Waals surface area contributed by atoms with Crippen LogP contribution >= 0.6 is 11.8 Å². The zero-order valence-electron chi connectivity index (χ0n) is 13.3. The van der Waals surface area contributed by atoms with Crippen LogP contribution in [0.4, 0.5) is 0 Å². The van der Waals surface area contributed by atoms with Gasteiger partial charge in [-0.1, -0.05) is 31.2 Å². The minimum Gasteiger partial charge on any atom is -0.313 e. The third kappa shape index (κ3) is 7.31. The van der Waals surface area contributed by atoms with Gasteiger partial charge in [-0.15, -0.1) is 0 Å². The van der Waals surface area contributed by atoms with Crippen LogP contribution < -0.4 is 10.0 Å². The summed E-state index contributed by atoms with van der Waals surface area (Å²) in [6, 6.07) is 7.71. The van der Waals surface area contributed by atoms with E-state index < -0.39 is 10.0 Å². The Balaban J connectivity index is 2.66. The van der Waals surface area contributed by atoms with Gasteiger partial charge in [-0.25, -0.2) is 13.1 Å². The van der Waals surface area contributed by atoms with Crippen molar-refractivity contribution in [1.29, 1.82) is 0 Å². The van der Waals surface area contributed by atoms with E-state index in [9.17, 15) is 8.42 Å². The second kappa shape index (κ2) is 8.17. The van der Waals surface area contributed by atoms with Crippen LogP contribution in [0, 0.1) is 0 Å². The Bertz CT molecular complexity index is 542. The summed E-state index contributed by atoms with van der Waals surface area (Å²) in [5, 5.41) is 3.24. The molecule has 6 heteroatoms. The number of hydrogen-bond donors (Lipinski definition) is 2. The molecule has 0 unspecified atom stereocenters. The topological polar surface area (TPSA) is 58.2 Å². The molecule has 21 heavy (non-hydrogen) atoms. The Morgan fingerprint density at radius 2 is 1.90 bits per heavy atom. The Morgan fingerprint density at radius 1 is 1.24 bits per heavy atom. The summed E-state index contributed by atoms with van der Waals surface area (Å²) in [5.41, 5.74) is 1.92. The SMILES string of the molecule is CCNCc1cccc(CS(=O)(=O)NCC(C)(C)SC)c1. The molecule has 0 fully saturated rings. The average molecular weight is 331 g/mol. The van der Waals surface area contributed by atoms with Crippen LogP contribution in [-0.4, -0.2) is 32.5 Å². The van der Waals surface area contributed by atoms with Gasteiger partial charge in [-0.3, -0.25) is 0 Å². The molecule has 2 N–H and O–H groups in total. The van der Waals surface area contributed by atoms with Crippen molar-refractivity contribution in [2.24, 2.45) is 0 Å². The van der Waals surface area contributed by atoms with Crippen LogP contribution in [0.1, 0.15) is 31.9 Å². The molecule has 0 saturated carbocycles. The zero-order valence-corrected chi connectivity index (χ0v) is 14.9. The molecule has 1 aromatic carbocycles. The van der Waals surface area contributed by atoms with Crippen LogP contribution in [0.5, 0.6) is 0 Å². The summed E-state index contributed by atoms with van der Waals surface area (Å²) in [4.78, 5) is 0. The summed E-state index contributed by atoms with van der Waals surface area (Å²) >= 11 is 1.65. The molecule has 1 rings (SSSR count). The van der Waals surface area contributed by atoms with Gasteiger partial charge in [0.05, 0.1) is 5.75 Å². The highest BCUT2D eigenvalue weighted by atomic mass is 32.2. The monoisotopic (exact) mass is 330 g/mol. The molecule has 0 spiro atoms. The summed E-state index contributed by atoms with van der Waals surface area (Å²) in [6.45, 7) is 8.19. The fourth-order valence-corrected chi connectivity index (χ4v) is 3.33. The number of hydrogen-bond acceptors (Lipinski definition) is 4. The number of nitrogens with one attached hydrogen (secondary N) is 2. The standard InChI is InChI=1S/C15H26N2O2S2/c1-5-16-10-13-7-6-8-14(9-13)11-21(18,19)17-12-15(2,3)20-4/h6-9,16-17H,5,10-12H2,1-4H3. The van der Waals surface area contributed by atoms with Gasteiger partial charge in [-0.2, -0.15) is 11.8 Å². The van der Waals surface area contributed by atoms with Crippen molar-refractivity contribution in [3.05, 3.63) is 35.4 Å². The van der Waals surface area contributed by atoms with Crippen molar-refractivity contribution in [2.75, 3.05) is 19.3 Å². The Labute approximate surface area is 133 Å². The van der Waals surface area contributed by atoms with Gasteiger partial charge in [0, 0.05) is 17.8 Å². The predicted octanol–water partition coefficient (Wildman–Crippen LogP) is 2.36. The van der Waals surface area contributed by atoms with Gasteiger partial charge in [0.1, 0.15) is 0 Å². The summed E-state index contributed by atoms with van der Waals surface area (Å²) in [5.74, 6) is 0.0252. The van der Waals surface area contributed by atoms with Crippen molar-refractivity contribution in [3.8, 4) is 0 Å². The third-order valence-electron chi connectivity index (χ3n) is 3.20. The first-order valence-corrected chi connectivity index (χ1v) is 9.97. The second-order valence-corrected chi connectivity index (χ2v) is 8.96. The molecule has 0 bridgehead atoms. The molecular weight excluding hydrogens is 304 g/mol. The molecule has 4 nitrogen and oxygen atoms in total. The Morgan fingerprint density at radius 3 is 2.52 bits per heavy atom. The number of rotatable bonds is 9. The number of benzene rings is 1. The first-order chi connectivity index (χ1) is 9.78. The first kappa shape index (κ1) is 18.5. The zero-order chi connectivity index (χ0) is 15.9. The molecule has 0 aliphatic rings. The van der Waals surface area contributed by atoms with Crippen LogP contribution in [0.25, 0.3) is 0 Å². The molecule has 0 aliphatic carbocycles. The molecule has 1 aromatic rings. The highest BCUT2D eigenvalue weighted by molar-refractivity contribution is 8.00. The molecule has 0 saturated heterocycles. The van der Waals surface area contributed by atoms with E-state index in [4.69, 9.17) is 0 Å². The molecule has 0 atom stereocenters. The highest BCUT2D eigenvalue weighted by Crippen LogP contribution is 2.20. The van der Waals surface area contributed by atoms with Crippen molar-refractivity contribution in [1.82, 2.24) is 10.0 Å². The first-order valence-electron chi connectivity index (χ1n) is 7.09. The smallest absolute Gasteiger partial charge is 0.215 e. The summed E-state index contributed by atoms with van der Waals surface area (Å²) < 4.78 is 26.9. The van der Waals surface area contributed by atoms with Crippen LogP contribution in [0.3, 0.4) is 0 Å². The van der Waals surface area contributed by atoms with Gasteiger partial charge in [0.15, 0.2) is 0 Å².